The van der Waals surface area contributed by atoms with Crippen molar-refractivity contribution in [3.8, 4) is 6.07 Å². The van der Waals surface area contributed by atoms with Crippen molar-refractivity contribution < 1.29 is 0 Å². The normalized spacial score (nSPS) is 10.6. The highest BCUT2D eigenvalue weighted by atomic mass is 14.9. The first-order chi connectivity index (χ1) is 11.4. The van der Waals surface area contributed by atoms with Gasteiger partial charge in [-0.3, -0.25) is 4.98 Å². The smallest absolute Gasteiger partial charge is 0.101 e. The third kappa shape index (κ3) is 2.27. The highest BCUT2D eigenvalue weighted by Crippen LogP contribution is 2.32. The molecular formula is C20H13N3. The molecule has 1 heterocycles. The maximum atomic E-state index is 9.46. The van der Waals surface area contributed by atoms with Crippen LogP contribution in [0.5, 0.6) is 0 Å². The van der Waals surface area contributed by atoms with Gasteiger partial charge in [-0.15, -0.1) is 0 Å². The molecule has 1 N–H and O–H groups in total. The number of pyridine rings is 1. The highest BCUT2D eigenvalue weighted by Gasteiger charge is 2.09. The van der Waals surface area contributed by atoms with E-state index < -0.39 is 0 Å². The van der Waals surface area contributed by atoms with Crippen LogP contribution < -0.4 is 5.32 Å². The van der Waals surface area contributed by atoms with Crippen LogP contribution in [0.3, 0.4) is 0 Å². The molecule has 0 unspecified atom stereocenters. The third-order valence-corrected chi connectivity index (χ3v) is 3.94. The van der Waals surface area contributed by atoms with Crippen LogP contribution in [0.2, 0.25) is 0 Å². The second kappa shape index (κ2) is 5.43. The van der Waals surface area contributed by atoms with E-state index >= 15 is 0 Å². The molecule has 0 saturated carbocycles. The summed E-state index contributed by atoms with van der Waals surface area (Å²) < 4.78 is 0. The monoisotopic (exact) mass is 295 g/mol. The number of nitrogens with one attached hydrogen (secondary N) is 1. The summed E-state index contributed by atoms with van der Waals surface area (Å²) in [5.41, 5.74) is 3.24. The number of nitrogens with zero attached hydrogens (tertiary/aromatic N) is 2. The topological polar surface area (TPSA) is 48.7 Å². The minimum Gasteiger partial charge on any atom is -0.352 e. The molecule has 0 spiro atoms. The van der Waals surface area contributed by atoms with Crippen LogP contribution >= 0.6 is 0 Å². The van der Waals surface area contributed by atoms with Gasteiger partial charge in [0.25, 0.3) is 0 Å². The Labute approximate surface area is 133 Å². The van der Waals surface area contributed by atoms with E-state index in [4.69, 9.17) is 0 Å². The van der Waals surface area contributed by atoms with Crippen LogP contribution in [0, 0.1) is 11.3 Å². The molecule has 4 rings (SSSR count). The molecule has 0 saturated heterocycles. The quantitative estimate of drug-likeness (QED) is 0.566. The van der Waals surface area contributed by atoms with Gasteiger partial charge in [0.05, 0.1) is 22.5 Å². The molecule has 4 aromatic rings. The van der Waals surface area contributed by atoms with Gasteiger partial charge in [-0.1, -0.05) is 48.5 Å². The van der Waals surface area contributed by atoms with Gasteiger partial charge in [0.15, 0.2) is 0 Å². The number of anilines is 2. The van der Waals surface area contributed by atoms with Gasteiger partial charge in [0.1, 0.15) is 6.07 Å². The molecule has 0 radical (unpaired) electrons. The van der Waals surface area contributed by atoms with Crippen molar-refractivity contribution >= 4 is 33.1 Å². The van der Waals surface area contributed by atoms with Crippen molar-refractivity contribution in [3.05, 3.63) is 78.5 Å². The fourth-order valence-electron chi connectivity index (χ4n) is 2.84. The zero-order valence-electron chi connectivity index (χ0n) is 12.3. The number of para-hydroxylation sites is 1. The molecule has 108 valence electrons. The van der Waals surface area contributed by atoms with Crippen LogP contribution in [-0.2, 0) is 0 Å². The molecular weight excluding hydrogens is 282 g/mol. The highest BCUT2D eigenvalue weighted by molar-refractivity contribution is 6.01. The summed E-state index contributed by atoms with van der Waals surface area (Å²) in [5, 5.41) is 16.1. The first-order valence-corrected chi connectivity index (χ1v) is 7.39. The van der Waals surface area contributed by atoms with E-state index in [-0.39, 0.29) is 0 Å². The van der Waals surface area contributed by atoms with E-state index in [9.17, 15) is 5.26 Å². The molecule has 3 nitrogen and oxygen atoms in total. The maximum Gasteiger partial charge on any atom is 0.101 e. The Hall–Kier alpha value is -3.38. The third-order valence-electron chi connectivity index (χ3n) is 3.94. The molecule has 0 aliphatic heterocycles. The lowest BCUT2D eigenvalue weighted by Gasteiger charge is -2.13. The van der Waals surface area contributed by atoms with Crippen LogP contribution in [-0.4, -0.2) is 4.98 Å². The largest absolute Gasteiger partial charge is 0.352 e. The average Bonchev–Trinajstić information content (AvgIpc) is 2.62. The number of benzene rings is 3. The van der Waals surface area contributed by atoms with Crippen molar-refractivity contribution in [2.24, 2.45) is 0 Å². The predicted molar refractivity (Wildman–Crippen MR) is 93.7 cm³/mol. The zero-order valence-corrected chi connectivity index (χ0v) is 12.3. The van der Waals surface area contributed by atoms with E-state index in [0.29, 0.717) is 5.56 Å². The summed E-state index contributed by atoms with van der Waals surface area (Å²) in [6.45, 7) is 0. The molecule has 0 fully saturated rings. The van der Waals surface area contributed by atoms with Gasteiger partial charge < -0.3 is 5.32 Å². The van der Waals surface area contributed by atoms with Gasteiger partial charge in [-0.05, 0) is 23.6 Å². The average molecular weight is 295 g/mol. The summed E-state index contributed by atoms with van der Waals surface area (Å²) in [4.78, 5) is 4.47. The lowest BCUT2D eigenvalue weighted by molar-refractivity contribution is 1.40. The standard InChI is InChI=1S/C20H13N3/c21-13-16-11-10-14-5-1-2-8-17(14)19(16)23-18-9-3-6-15-7-4-12-22-20(15)18/h1-12,23H. The number of hydrogen-bond donors (Lipinski definition) is 1. The van der Waals surface area contributed by atoms with Crippen LogP contribution in [0.1, 0.15) is 5.56 Å². The van der Waals surface area contributed by atoms with Gasteiger partial charge in [-0.2, -0.15) is 5.26 Å². The Morgan fingerprint density at radius 1 is 0.826 bits per heavy atom. The molecule has 3 heteroatoms. The lowest BCUT2D eigenvalue weighted by atomic mass is 10.0. The Bertz CT molecular complexity index is 1060. The number of nitriles is 1. The first-order valence-electron chi connectivity index (χ1n) is 7.39. The maximum absolute atomic E-state index is 9.46. The van der Waals surface area contributed by atoms with Crippen LogP contribution in [0.25, 0.3) is 21.7 Å². The second-order valence-electron chi connectivity index (χ2n) is 5.33. The van der Waals surface area contributed by atoms with E-state index in [2.05, 4.69) is 16.4 Å². The van der Waals surface area contributed by atoms with Crippen molar-refractivity contribution in [1.82, 2.24) is 4.98 Å². The van der Waals surface area contributed by atoms with E-state index in [0.717, 1.165) is 33.1 Å². The molecule has 1 aromatic heterocycles. The molecule has 23 heavy (non-hydrogen) atoms. The number of hydrogen-bond acceptors (Lipinski definition) is 3. The van der Waals surface area contributed by atoms with Crippen molar-refractivity contribution in [2.75, 3.05) is 5.32 Å². The van der Waals surface area contributed by atoms with E-state index in [1.54, 1.807) is 6.20 Å². The Balaban J connectivity index is 1.94. The van der Waals surface area contributed by atoms with Crippen LogP contribution in [0.15, 0.2) is 72.9 Å². The Morgan fingerprint density at radius 2 is 1.65 bits per heavy atom. The number of rotatable bonds is 2. The van der Waals surface area contributed by atoms with Crippen molar-refractivity contribution in [3.63, 3.8) is 0 Å². The molecule has 0 atom stereocenters. The summed E-state index contributed by atoms with van der Waals surface area (Å²) in [5.74, 6) is 0. The predicted octanol–water partition coefficient (Wildman–Crippen LogP) is 5.00. The Kier molecular flexibility index (Phi) is 3.14. The first kappa shape index (κ1) is 13.3. The van der Waals surface area contributed by atoms with Crippen LogP contribution in [0.4, 0.5) is 11.4 Å². The fourth-order valence-corrected chi connectivity index (χ4v) is 2.84. The molecule has 0 aliphatic carbocycles. The minimum atomic E-state index is 0.622. The summed E-state index contributed by atoms with van der Waals surface area (Å²) in [7, 11) is 0. The Morgan fingerprint density at radius 3 is 2.57 bits per heavy atom. The summed E-state index contributed by atoms with van der Waals surface area (Å²) in [6.07, 6.45) is 1.78. The number of aromatic nitrogens is 1. The number of fused-ring (bicyclic) bond motifs is 2. The fraction of sp³-hybridized carbons (Fsp3) is 0. The minimum absolute atomic E-state index is 0.622. The molecule has 3 aromatic carbocycles. The van der Waals surface area contributed by atoms with Gasteiger partial charge in [-0.25, -0.2) is 0 Å². The van der Waals surface area contributed by atoms with Gasteiger partial charge in [0, 0.05) is 17.0 Å². The zero-order chi connectivity index (χ0) is 15.6. The van der Waals surface area contributed by atoms with Gasteiger partial charge in [0.2, 0.25) is 0 Å². The van der Waals surface area contributed by atoms with E-state index in [1.807, 2.05) is 66.7 Å². The SMILES string of the molecule is N#Cc1ccc2ccccc2c1Nc1cccc2cccnc12. The molecule has 0 amide bonds. The summed E-state index contributed by atoms with van der Waals surface area (Å²) in [6, 6.07) is 24.1. The lowest BCUT2D eigenvalue weighted by Crippen LogP contribution is -1.97. The van der Waals surface area contributed by atoms with E-state index in [1.165, 1.54) is 0 Å². The van der Waals surface area contributed by atoms with Gasteiger partial charge >= 0.3 is 0 Å². The molecule has 0 aliphatic rings. The van der Waals surface area contributed by atoms with Crippen molar-refractivity contribution in [1.29, 1.82) is 5.26 Å². The molecule has 0 bridgehead atoms. The summed E-state index contributed by atoms with van der Waals surface area (Å²) >= 11 is 0. The second-order valence-corrected chi connectivity index (χ2v) is 5.33. The van der Waals surface area contributed by atoms with Crippen molar-refractivity contribution in [2.45, 2.75) is 0 Å².